The van der Waals surface area contributed by atoms with Gasteiger partial charge in [-0.05, 0) is 32.0 Å². The Kier molecular flexibility index (Phi) is 12.3. The van der Waals surface area contributed by atoms with Gasteiger partial charge in [-0.15, -0.1) is 11.6 Å². The van der Waals surface area contributed by atoms with E-state index in [1.54, 1.807) is 0 Å². The molecule has 144 valence electrons. The Morgan fingerprint density at radius 2 is 1.32 bits per heavy atom. The molecular weight excluding hydrogens is 326 g/mol. The number of alkyl halides is 1. The third kappa shape index (κ3) is 10.3. The first kappa shape index (κ1) is 22.5. The summed E-state index contributed by atoms with van der Waals surface area (Å²) < 4.78 is 0. The molecule has 0 bridgehead atoms. The van der Waals surface area contributed by atoms with Crippen LogP contribution in [-0.2, 0) is 6.42 Å². The molecule has 0 heterocycles. The maximum atomic E-state index is 6.89. The topological polar surface area (TPSA) is 3.24 Å². The van der Waals surface area contributed by atoms with Gasteiger partial charge in [-0.2, -0.15) is 0 Å². The third-order valence-corrected chi connectivity index (χ3v) is 5.56. The van der Waals surface area contributed by atoms with Crippen molar-refractivity contribution in [2.75, 3.05) is 13.1 Å². The van der Waals surface area contributed by atoms with Gasteiger partial charge in [0.05, 0.1) is 5.00 Å². The molecule has 0 spiro atoms. The molecule has 0 aromatic heterocycles. The third-order valence-electron chi connectivity index (χ3n) is 5.19. The molecular formula is C23H40ClN. The zero-order chi connectivity index (χ0) is 18.4. The van der Waals surface area contributed by atoms with Crippen molar-refractivity contribution in [2.45, 2.75) is 96.4 Å². The Morgan fingerprint density at radius 3 is 1.84 bits per heavy atom. The summed E-state index contributed by atoms with van der Waals surface area (Å²) in [6.45, 7) is 8.80. The second kappa shape index (κ2) is 13.6. The quantitative estimate of drug-likeness (QED) is 0.177. The molecule has 1 aromatic carbocycles. The van der Waals surface area contributed by atoms with Gasteiger partial charge in [0, 0.05) is 6.42 Å². The monoisotopic (exact) mass is 365 g/mol. The molecule has 0 amide bonds. The van der Waals surface area contributed by atoms with Gasteiger partial charge in [-0.3, -0.25) is 4.90 Å². The summed E-state index contributed by atoms with van der Waals surface area (Å²) in [5.41, 5.74) is 1.32. The minimum Gasteiger partial charge on any atom is -0.285 e. The van der Waals surface area contributed by atoms with Gasteiger partial charge in [-0.25, -0.2) is 0 Å². The zero-order valence-electron chi connectivity index (χ0n) is 16.9. The predicted molar refractivity (Wildman–Crippen MR) is 113 cm³/mol. The smallest absolute Gasteiger partial charge is 0.0972 e. The number of unbranched alkanes of at least 4 members (excludes halogenated alkanes) is 9. The average molecular weight is 366 g/mol. The SMILES string of the molecule is CCCCCCCCCCCCN(CC)C(C)(Cl)Cc1ccccc1. The van der Waals surface area contributed by atoms with Crippen LogP contribution in [-0.4, -0.2) is 23.0 Å². The first-order chi connectivity index (χ1) is 12.1. The summed E-state index contributed by atoms with van der Waals surface area (Å²) in [6.07, 6.45) is 14.7. The van der Waals surface area contributed by atoms with E-state index in [0.29, 0.717) is 0 Å². The molecule has 25 heavy (non-hydrogen) atoms. The predicted octanol–water partition coefficient (Wildman–Crippen LogP) is 7.43. The lowest BCUT2D eigenvalue weighted by atomic mass is 10.0. The normalized spacial score (nSPS) is 14.0. The molecule has 1 rings (SSSR count). The molecule has 0 fully saturated rings. The van der Waals surface area contributed by atoms with E-state index in [1.807, 2.05) is 0 Å². The highest BCUT2D eigenvalue weighted by Crippen LogP contribution is 2.26. The van der Waals surface area contributed by atoms with Gasteiger partial charge >= 0.3 is 0 Å². The molecule has 0 aliphatic rings. The van der Waals surface area contributed by atoms with Gasteiger partial charge < -0.3 is 0 Å². The minimum atomic E-state index is -0.282. The Labute approximate surface area is 162 Å². The number of halogens is 1. The zero-order valence-corrected chi connectivity index (χ0v) is 17.7. The molecule has 1 nitrogen and oxygen atoms in total. The Bertz CT molecular complexity index is 415. The molecule has 0 saturated heterocycles. The highest BCUT2D eigenvalue weighted by atomic mass is 35.5. The molecule has 0 radical (unpaired) electrons. The maximum absolute atomic E-state index is 6.89. The van der Waals surface area contributed by atoms with Crippen LogP contribution in [0.1, 0.15) is 90.5 Å². The summed E-state index contributed by atoms with van der Waals surface area (Å²) in [5.74, 6) is 0. The molecule has 1 atom stereocenters. The largest absolute Gasteiger partial charge is 0.285 e. The van der Waals surface area contributed by atoms with Crippen LogP contribution in [0.2, 0.25) is 0 Å². The first-order valence-corrected chi connectivity index (χ1v) is 11.0. The first-order valence-electron chi connectivity index (χ1n) is 10.6. The van der Waals surface area contributed by atoms with Crippen molar-refractivity contribution in [2.24, 2.45) is 0 Å². The molecule has 0 saturated carbocycles. The minimum absolute atomic E-state index is 0.282. The van der Waals surface area contributed by atoms with Gasteiger partial charge in [0.15, 0.2) is 0 Å². The van der Waals surface area contributed by atoms with Gasteiger partial charge in [-0.1, -0.05) is 102 Å². The van der Waals surface area contributed by atoms with E-state index < -0.39 is 0 Å². The highest BCUT2D eigenvalue weighted by molar-refractivity contribution is 6.23. The van der Waals surface area contributed by atoms with E-state index in [1.165, 1.54) is 69.8 Å². The van der Waals surface area contributed by atoms with Crippen LogP contribution in [0.4, 0.5) is 0 Å². The van der Waals surface area contributed by atoms with Crippen molar-refractivity contribution in [3.05, 3.63) is 35.9 Å². The second-order valence-corrected chi connectivity index (χ2v) is 8.38. The maximum Gasteiger partial charge on any atom is 0.0972 e. The lowest BCUT2D eigenvalue weighted by molar-refractivity contribution is 0.179. The Morgan fingerprint density at radius 1 is 0.800 bits per heavy atom. The van der Waals surface area contributed by atoms with E-state index in [0.717, 1.165) is 19.5 Å². The summed E-state index contributed by atoms with van der Waals surface area (Å²) in [5, 5.41) is 0. The number of rotatable bonds is 15. The number of nitrogens with zero attached hydrogens (tertiary/aromatic N) is 1. The lowest BCUT2D eigenvalue weighted by Crippen LogP contribution is -2.44. The van der Waals surface area contributed by atoms with Crippen LogP contribution in [0.25, 0.3) is 0 Å². The fourth-order valence-electron chi connectivity index (χ4n) is 3.59. The van der Waals surface area contributed by atoms with Crippen LogP contribution < -0.4 is 0 Å². The van der Waals surface area contributed by atoms with Crippen LogP contribution in [0.3, 0.4) is 0 Å². The molecule has 0 aliphatic heterocycles. The molecule has 2 heteroatoms. The molecule has 0 aliphatic carbocycles. The van der Waals surface area contributed by atoms with Gasteiger partial charge in [0.25, 0.3) is 0 Å². The van der Waals surface area contributed by atoms with E-state index in [2.05, 4.69) is 56.0 Å². The van der Waals surface area contributed by atoms with Crippen molar-refractivity contribution >= 4 is 11.6 Å². The van der Waals surface area contributed by atoms with Crippen molar-refractivity contribution < 1.29 is 0 Å². The number of hydrogen-bond donors (Lipinski definition) is 0. The number of hydrogen-bond acceptors (Lipinski definition) is 1. The Hall–Kier alpha value is -0.530. The molecule has 0 N–H and O–H groups in total. The average Bonchev–Trinajstić information content (AvgIpc) is 2.60. The van der Waals surface area contributed by atoms with E-state index >= 15 is 0 Å². The van der Waals surface area contributed by atoms with E-state index in [4.69, 9.17) is 11.6 Å². The van der Waals surface area contributed by atoms with Crippen molar-refractivity contribution in [1.82, 2.24) is 4.90 Å². The van der Waals surface area contributed by atoms with Crippen LogP contribution >= 0.6 is 11.6 Å². The van der Waals surface area contributed by atoms with Crippen LogP contribution in [0.15, 0.2) is 30.3 Å². The van der Waals surface area contributed by atoms with E-state index in [-0.39, 0.29) is 5.00 Å². The van der Waals surface area contributed by atoms with Gasteiger partial charge in [0.2, 0.25) is 0 Å². The highest BCUT2D eigenvalue weighted by Gasteiger charge is 2.27. The van der Waals surface area contributed by atoms with E-state index in [9.17, 15) is 0 Å². The standard InChI is InChI=1S/C23H40ClN/c1-4-6-7-8-9-10-11-12-13-17-20-25(5-2)23(3,24)21-22-18-15-14-16-19-22/h14-16,18-19H,4-13,17,20-21H2,1-3H3. The van der Waals surface area contributed by atoms with Gasteiger partial charge in [0.1, 0.15) is 0 Å². The summed E-state index contributed by atoms with van der Waals surface area (Å²) in [4.78, 5) is 2.15. The Balaban J connectivity index is 2.16. The molecule has 1 unspecified atom stereocenters. The van der Waals surface area contributed by atoms with Crippen LogP contribution in [0.5, 0.6) is 0 Å². The summed E-state index contributed by atoms with van der Waals surface area (Å²) >= 11 is 6.89. The lowest BCUT2D eigenvalue weighted by Gasteiger charge is -2.36. The summed E-state index contributed by atoms with van der Waals surface area (Å²) in [6, 6.07) is 10.6. The fraction of sp³-hybridized carbons (Fsp3) is 0.739. The fourth-order valence-corrected chi connectivity index (χ4v) is 3.95. The van der Waals surface area contributed by atoms with Crippen molar-refractivity contribution in [3.63, 3.8) is 0 Å². The number of benzene rings is 1. The van der Waals surface area contributed by atoms with Crippen molar-refractivity contribution in [3.8, 4) is 0 Å². The number of likely N-dealkylation sites (N-methyl/N-ethyl adjacent to an activating group) is 1. The van der Waals surface area contributed by atoms with Crippen LogP contribution in [0, 0.1) is 0 Å². The molecule has 1 aromatic rings. The second-order valence-electron chi connectivity index (χ2n) is 7.57. The van der Waals surface area contributed by atoms with Crippen molar-refractivity contribution in [1.29, 1.82) is 0 Å². The summed E-state index contributed by atoms with van der Waals surface area (Å²) in [7, 11) is 0.